The smallest absolute Gasteiger partial charge is 0.227 e. The minimum Gasteiger partial charge on any atom is -0.342 e. The summed E-state index contributed by atoms with van der Waals surface area (Å²) in [5.41, 5.74) is 6.20. The zero-order valence-electron chi connectivity index (χ0n) is 11.0. The Hall–Kier alpha value is -0.570. The highest BCUT2D eigenvalue weighted by atomic mass is 16.2. The molecule has 0 aliphatic heterocycles. The van der Waals surface area contributed by atoms with Crippen molar-refractivity contribution in [1.82, 2.24) is 4.90 Å². The standard InChI is InChI=1S/C14H26N2O/c1-16(11-7-6-8-11)14(17)12-9-4-2-3-5-10-13(12)15/h11-13H,2-10,15H2,1H3. The van der Waals surface area contributed by atoms with Crippen molar-refractivity contribution in [1.29, 1.82) is 0 Å². The molecular weight excluding hydrogens is 212 g/mol. The Labute approximate surface area is 105 Å². The van der Waals surface area contributed by atoms with E-state index in [0.717, 1.165) is 12.8 Å². The number of carbonyl (C=O) groups excluding carboxylic acids is 1. The Morgan fingerprint density at radius 3 is 2.24 bits per heavy atom. The topological polar surface area (TPSA) is 46.3 Å². The van der Waals surface area contributed by atoms with Gasteiger partial charge < -0.3 is 10.6 Å². The summed E-state index contributed by atoms with van der Waals surface area (Å²) in [6, 6.07) is 0.588. The van der Waals surface area contributed by atoms with Crippen LogP contribution < -0.4 is 5.73 Å². The van der Waals surface area contributed by atoms with Crippen LogP contribution in [0.5, 0.6) is 0 Å². The number of nitrogens with two attached hydrogens (primary N) is 1. The summed E-state index contributed by atoms with van der Waals surface area (Å²) < 4.78 is 0. The first-order valence-corrected chi connectivity index (χ1v) is 7.22. The van der Waals surface area contributed by atoms with E-state index in [0.29, 0.717) is 11.9 Å². The van der Waals surface area contributed by atoms with Crippen molar-refractivity contribution in [2.75, 3.05) is 7.05 Å². The molecule has 0 radical (unpaired) electrons. The van der Waals surface area contributed by atoms with Crippen LogP contribution >= 0.6 is 0 Å². The molecule has 0 spiro atoms. The summed E-state index contributed by atoms with van der Waals surface area (Å²) in [5.74, 6) is 0.394. The number of amides is 1. The third-order valence-corrected chi connectivity index (χ3v) is 4.61. The molecule has 2 atom stereocenters. The van der Waals surface area contributed by atoms with Gasteiger partial charge in [-0.15, -0.1) is 0 Å². The van der Waals surface area contributed by atoms with E-state index in [1.807, 2.05) is 11.9 Å². The van der Waals surface area contributed by atoms with Crippen molar-refractivity contribution < 1.29 is 4.79 Å². The predicted molar refractivity (Wildman–Crippen MR) is 69.6 cm³/mol. The second-order valence-corrected chi connectivity index (χ2v) is 5.80. The van der Waals surface area contributed by atoms with Crippen molar-refractivity contribution in [3.63, 3.8) is 0 Å². The van der Waals surface area contributed by atoms with Gasteiger partial charge in [0.25, 0.3) is 0 Å². The summed E-state index contributed by atoms with van der Waals surface area (Å²) in [5, 5.41) is 0. The van der Waals surface area contributed by atoms with Crippen LogP contribution in [0.2, 0.25) is 0 Å². The van der Waals surface area contributed by atoms with E-state index >= 15 is 0 Å². The quantitative estimate of drug-likeness (QED) is 0.802. The molecule has 3 heteroatoms. The van der Waals surface area contributed by atoms with Gasteiger partial charge in [-0.25, -0.2) is 0 Å². The van der Waals surface area contributed by atoms with E-state index in [1.165, 1.54) is 44.9 Å². The highest BCUT2D eigenvalue weighted by Crippen LogP contribution is 2.28. The van der Waals surface area contributed by atoms with Gasteiger partial charge in [-0.2, -0.15) is 0 Å². The van der Waals surface area contributed by atoms with Crippen LogP contribution in [0.25, 0.3) is 0 Å². The van der Waals surface area contributed by atoms with E-state index < -0.39 is 0 Å². The molecule has 2 saturated carbocycles. The first-order valence-electron chi connectivity index (χ1n) is 7.22. The van der Waals surface area contributed by atoms with Crippen molar-refractivity contribution >= 4 is 5.91 Å². The second-order valence-electron chi connectivity index (χ2n) is 5.80. The third kappa shape index (κ3) is 3.01. The van der Waals surface area contributed by atoms with Gasteiger partial charge in [-0.1, -0.05) is 25.7 Å². The lowest BCUT2D eigenvalue weighted by atomic mass is 9.84. The minimum atomic E-state index is 0.0842. The molecule has 3 nitrogen and oxygen atoms in total. The molecule has 2 N–H and O–H groups in total. The normalized spacial score (nSPS) is 31.2. The van der Waals surface area contributed by atoms with Crippen LogP contribution in [-0.4, -0.2) is 29.9 Å². The van der Waals surface area contributed by atoms with E-state index in [1.54, 1.807) is 0 Å². The fraction of sp³-hybridized carbons (Fsp3) is 0.929. The van der Waals surface area contributed by atoms with E-state index in [4.69, 9.17) is 5.73 Å². The van der Waals surface area contributed by atoms with Gasteiger partial charge in [0, 0.05) is 19.1 Å². The fourth-order valence-corrected chi connectivity index (χ4v) is 3.04. The molecule has 0 aromatic carbocycles. The first-order chi connectivity index (χ1) is 8.20. The van der Waals surface area contributed by atoms with Crippen LogP contribution in [0.15, 0.2) is 0 Å². The van der Waals surface area contributed by atoms with E-state index in [9.17, 15) is 4.79 Å². The Morgan fingerprint density at radius 2 is 1.65 bits per heavy atom. The maximum atomic E-state index is 12.5. The van der Waals surface area contributed by atoms with Crippen LogP contribution in [-0.2, 0) is 4.79 Å². The Kier molecular flexibility index (Phi) is 4.43. The molecule has 2 aliphatic rings. The first kappa shape index (κ1) is 12.9. The number of rotatable bonds is 2. The summed E-state index contributed by atoms with van der Waals surface area (Å²) >= 11 is 0. The summed E-state index contributed by atoms with van der Waals surface area (Å²) in [4.78, 5) is 14.4. The molecule has 0 heterocycles. The average Bonchev–Trinajstić information content (AvgIpc) is 2.21. The molecule has 98 valence electrons. The van der Waals surface area contributed by atoms with Gasteiger partial charge in [0.15, 0.2) is 0 Å². The molecule has 17 heavy (non-hydrogen) atoms. The van der Waals surface area contributed by atoms with Crippen LogP contribution in [0.1, 0.15) is 57.8 Å². The number of hydrogen-bond donors (Lipinski definition) is 1. The van der Waals surface area contributed by atoms with E-state index in [-0.39, 0.29) is 12.0 Å². The molecule has 0 aromatic rings. The maximum absolute atomic E-state index is 12.5. The zero-order chi connectivity index (χ0) is 12.3. The summed E-state index contributed by atoms with van der Waals surface area (Å²) in [7, 11) is 1.97. The highest BCUT2D eigenvalue weighted by molar-refractivity contribution is 5.79. The second kappa shape index (κ2) is 5.85. The monoisotopic (exact) mass is 238 g/mol. The molecule has 2 fully saturated rings. The predicted octanol–water partition coefficient (Wildman–Crippen LogP) is 2.29. The zero-order valence-corrected chi connectivity index (χ0v) is 11.0. The van der Waals surface area contributed by atoms with Crippen molar-refractivity contribution in [2.45, 2.75) is 69.9 Å². The van der Waals surface area contributed by atoms with Crippen LogP contribution in [0.3, 0.4) is 0 Å². The van der Waals surface area contributed by atoms with Crippen LogP contribution in [0.4, 0.5) is 0 Å². The van der Waals surface area contributed by atoms with Crippen LogP contribution in [0, 0.1) is 5.92 Å². The summed E-state index contributed by atoms with van der Waals surface area (Å²) in [6.45, 7) is 0. The Morgan fingerprint density at radius 1 is 1.00 bits per heavy atom. The SMILES string of the molecule is CN(C(=O)C1CCCCCCC1N)C1CCC1. The van der Waals surface area contributed by atoms with Gasteiger partial charge in [-0.05, 0) is 32.1 Å². The van der Waals surface area contributed by atoms with Gasteiger partial charge in [0.05, 0.1) is 5.92 Å². The van der Waals surface area contributed by atoms with Gasteiger partial charge in [0.2, 0.25) is 5.91 Å². The molecule has 0 aromatic heterocycles. The largest absolute Gasteiger partial charge is 0.342 e. The van der Waals surface area contributed by atoms with Crippen molar-refractivity contribution in [2.24, 2.45) is 11.7 Å². The number of carbonyl (C=O) groups is 1. The highest BCUT2D eigenvalue weighted by Gasteiger charge is 2.33. The Balaban J connectivity index is 1.94. The van der Waals surface area contributed by atoms with Crippen molar-refractivity contribution in [3.8, 4) is 0 Å². The molecule has 1 amide bonds. The lowest BCUT2D eigenvalue weighted by Gasteiger charge is -2.38. The molecule has 2 aliphatic carbocycles. The lowest BCUT2D eigenvalue weighted by Crippen LogP contribution is -2.48. The molecule has 0 bridgehead atoms. The maximum Gasteiger partial charge on any atom is 0.227 e. The van der Waals surface area contributed by atoms with Crippen molar-refractivity contribution in [3.05, 3.63) is 0 Å². The third-order valence-electron chi connectivity index (χ3n) is 4.61. The molecule has 0 saturated heterocycles. The van der Waals surface area contributed by atoms with Gasteiger partial charge in [0.1, 0.15) is 0 Å². The van der Waals surface area contributed by atoms with E-state index in [2.05, 4.69) is 0 Å². The lowest BCUT2D eigenvalue weighted by molar-refractivity contribution is -0.139. The van der Waals surface area contributed by atoms with Gasteiger partial charge >= 0.3 is 0 Å². The summed E-state index contributed by atoms with van der Waals surface area (Å²) in [6.07, 6.45) is 10.6. The fourth-order valence-electron chi connectivity index (χ4n) is 3.04. The number of nitrogens with zero attached hydrogens (tertiary/aromatic N) is 1. The molecule has 2 rings (SSSR count). The molecule has 2 unspecified atom stereocenters. The molecular formula is C14H26N2O. The number of hydrogen-bond acceptors (Lipinski definition) is 2. The Bertz CT molecular complexity index is 263. The average molecular weight is 238 g/mol. The van der Waals surface area contributed by atoms with Gasteiger partial charge in [-0.3, -0.25) is 4.79 Å². The minimum absolute atomic E-state index is 0.0842.